The van der Waals surface area contributed by atoms with Crippen LogP contribution in [0.4, 0.5) is 0 Å². The third-order valence-electron chi connectivity index (χ3n) is 13.2. The third kappa shape index (κ3) is 6.45. The molecule has 3 aromatic heterocycles. The standard InChI is InChI=1S/C62H39N3S/c1-38-58(39-13-5-2-6-14-39)64-62(65-59(38)40-15-7-3-8-16-40)50-28-27-46-34-44(24-26-48(46)36-50)42-21-22-45-35-47(25-23-43(45)33-42)49-29-32-56-54(37-49)51-30-31-53-57(61(51)66-56)52-19-11-12-20-55(52)63-60(53)41-17-9-4-10-18-41/h2-37H,1H3. The fourth-order valence-electron chi connectivity index (χ4n) is 9.83. The molecule has 0 amide bonds. The minimum atomic E-state index is 0.722. The van der Waals surface area contributed by atoms with E-state index < -0.39 is 0 Å². The van der Waals surface area contributed by atoms with Crippen LogP contribution in [0.2, 0.25) is 0 Å². The van der Waals surface area contributed by atoms with E-state index >= 15 is 0 Å². The van der Waals surface area contributed by atoms with Gasteiger partial charge in [-0.25, -0.2) is 15.0 Å². The van der Waals surface area contributed by atoms with Gasteiger partial charge in [0.1, 0.15) is 0 Å². The van der Waals surface area contributed by atoms with E-state index in [-0.39, 0.29) is 0 Å². The molecule has 4 heteroatoms. The lowest BCUT2D eigenvalue weighted by Gasteiger charge is -2.14. The normalized spacial score (nSPS) is 11.7. The quantitative estimate of drug-likeness (QED) is 0.156. The summed E-state index contributed by atoms with van der Waals surface area (Å²) >= 11 is 1.88. The lowest BCUT2D eigenvalue weighted by atomic mass is 9.95. The molecule has 0 fully saturated rings. The predicted molar refractivity (Wildman–Crippen MR) is 280 cm³/mol. The number of nitrogens with zero attached hydrogens (tertiary/aromatic N) is 3. The van der Waals surface area contributed by atoms with E-state index in [1.165, 1.54) is 74.7 Å². The van der Waals surface area contributed by atoms with Crippen molar-refractivity contribution >= 4 is 74.7 Å². The Morgan fingerprint density at radius 2 is 0.773 bits per heavy atom. The Labute approximate surface area is 386 Å². The molecule has 0 aliphatic heterocycles. The molecule has 0 radical (unpaired) electrons. The zero-order chi connectivity index (χ0) is 43.7. The zero-order valence-electron chi connectivity index (χ0n) is 36.0. The summed E-state index contributed by atoms with van der Waals surface area (Å²) in [5.41, 5.74) is 14.1. The summed E-state index contributed by atoms with van der Waals surface area (Å²) in [6, 6.07) is 78.5. The molecule has 3 nitrogen and oxygen atoms in total. The maximum atomic E-state index is 5.18. The van der Waals surface area contributed by atoms with E-state index in [4.69, 9.17) is 15.0 Å². The fourth-order valence-corrected chi connectivity index (χ4v) is 11.1. The van der Waals surface area contributed by atoms with Gasteiger partial charge in [0.15, 0.2) is 5.82 Å². The van der Waals surface area contributed by atoms with Crippen molar-refractivity contribution in [2.75, 3.05) is 0 Å². The van der Waals surface area contributed by atoms with E-state index in [2.05, 4.69) is 213 Å². The van der Waals surface area contributed by atoms with Gasteiger partial charge in [-0.05, 0) is 93.2 Å². The first-order valence-electron chi connectivity index (χ1n) is 22.4. The monoisotopic (exact) mass is 857 g/mol. The van der Waals surface area contributed by atoms with Crippen LogP contribution in [-0.4, -0.2) is 15.0 Å². The largest absolute Gasteiger partial charge is 0.247 e. The van der Waals surface area contributed by atoms with Crippen LogP contribution in [0.1, 0.15) is 5.56 Å². The Balaban J connectivity index is 0.831. The summed E-state index contributed by atoms with van der Waals surface area (Å²) in [5, 5.41) is 11.0. The number of benzene rings is 10. The van der Waals surface area contributed by atoms with Gasteiger partial charge in [-0.2, -0.15) is 0 Å². The Bertz CT molecular complexity index is 3990. The van der Waals surface area contributed by atoms with E-state index in [0.29, 0.717) is 0 Å². The molecule has 3 heterocycles. The van der Waals surface area contributed by atoms with E-state index in [1.54, 1.807) is 0 Å². The Hall–Kier alpha value is -8.31. The molecule has 0 N–H and O–H groups in total. The Morgan fingerprint density at radius 3 is 1.35 bits per heavy atom. The number of fused-ring (bicyclic) bond motifs is 9. The number of para-hydroxylation sites is 1. The second kappa shape index (κ2) is 15.4. The van der Waals surface area contributed by atoms with Crippen LogP contribution in [0.25, 0.3) is 131 Å². The van der Waals surface area contributed by atoms with Crippen molar-refractivity contribution < 1.29 is 0 Å². The zero-order valence-corrected chi connectivity index (χ0v) is 36.9. The number of hydrogen-bond donors (Lipinski definition) is 0. The molecular weight excluding hydrogens is 819 g/mol. The summed E-state index contributed by atoms with van der Waals surface area (Å²) in [5.74, 6) is 0.722. The molecule has 0 saturated carbocycles. The topological polar surface area (TPSA) is 38.7 Å². The molecule has 13 aromatic rings. The van der Waals surface area contributed by atoms with Crippen molar-refractivity contribution in [1.82, 2.24) is 15.0 Å². The van der Waals surface area contributed by atoms with Crippen LogP contribution in [0.15, 0.2) is 218 Å². The first kappa shape index (κ1) is 38.2. The number of aromatic nitrogens is 3. The van der Waals surface area contributed by atoms with Crippen LogP contribution in [0.5, 0.6) is 0 Å². The molecule has 0 aliphatic carbocycles. The summed E-state index contributed by atoms with van der Waals surface area (Å²) < 4.78 is 2.60. The van der Waals surface area contributed by atoms with Crippen LogP contribution in [0, 0.1) is 6.92 Å². The summed E-state index contributed by atoms with van der Waals surface area (Å²) in [6.07, 6.45) is 0. The SMILES string of the molecule is Cc1c(-c2ccccc2)nc(-c2ccc3cc(-c4ccc5cc(-c6ccc7sc8c(ccc9c(-c%10ccccc%10)nc%10ccccc%10c98)c7c6)ccc5c4)ccc3c2)nc1-c1ccccc1. The van der Waals surface area contributed by atoms with Crippen LogP contribution < -0.4 is 0 Å². The summed E-state index contributed by atoms with van der Waals surface area (Å²) in [4.78, 5) is 15.5. The molecule has 10 aromatic carbocycles. The predicted octanol–water partition coefficient (Wildman–Crippen LogP) is 17.2. The third-order valence-corrected chi connectivity index (χ3v) is 14.4. The smallest absolute Gasteiger partial charge is 0.160 e. The van der Waals surface area contributed by atoms with E-state index in [0.717, 1.165) is 61.6 Å². The molecule has 308 valence electrons. The molecule has 0 spiro atoms. The molecular formula is C62H39N3S. The average Bonchev–Trinajstić information content (AvgIpc) is 3.77. The van der Waals surface area contributed by atoms with Crippen LogP contribution >= 0.6 is 11.3 Å². The minimum Gasteiger partial charge on any atom is -0.247 e. The molecule has 0 bridgehead atoms. The maximum absolute atomic E-state index is 5.18. The second-order valence-corrected chi connectivity index (χ2v) is 18.2. The van der Waals surface area contributed by atoms with Gasteiger partial charge in [-0.1, -0.05) is 176 Å². The summed E-state index contributed by atoms with van der Waals surface area (Å²) in [7, 11) is 0. The van der Waals surface area contributed by atoms with Crippen LogP contribution in [-0.2, 0) is 0 Å². The highest BCUT2D eigenvalue weighted by molar-refractivity contribution is 7.26. The highest BCUT2D eigenvalue weighted by Gasteiger charge is 2.18. The molecule has 13 rings (SSSR count). The van der Waals surface area contributed by atoms with Crippen molar-refractivity contribution in [3.8, 4) is 67.4 Å². The van der Waals surface area contributed by atoms with Crippen molar-refractivity contribution in [3.63, 3.8) is 0 Å². The molecule has 0 unspecified atom stereocenters. The molecule has 66 heavy (non-hydrogen) atoms. The van der Waals surface area contributed by atoms with E-state index in [9.17, 15) is 0 Å². The number of thiophene rings is 1. The first-order valence-corrected chi connectivity index (χ1v) is 23.2. The van der Waals surface area contributed by atoms with Gasteiger partial charge in [0, 0.05) is 64.1 Å². The molecule has 0 atom stereocenters. The van der Waals surface area contributed by atoms with Gasteiger partial charge in [-0.15, -0.1) is 11.3 Å². The lowest BCUT2D eigenvalue weighted by Crippen LogP contribution is -2.00. The van der Waals surface area contributed by atoms with Gasteiger partial charge < -0.3 is 0 Å². The lowest BCUT2D eigenvalue weighted by molar-refractivity contribution is 1.15. The number of rotatable bonds is 6. The van der Waals surface area contributed by atoms with Crippen molar-refractivity contribution in [2.45, 2.75) is 6.92 Å². The van der Waals surface area contributed by atoms with Gasteiger partial charge in [-0.3, -0.25) is 0 Å². The van der Waals surface area contributed by atoms with Crippen LogP contribution in [0.3, 0.4) is 0 Å². The van der Waals surface area contributed by atoms with Gasteiger partial charge >= 0.3 is 0 Å². The van der Waals surface area contributed by atoms with Crippen molar-refractivity contribution in [1.29, 1.82) is 0 Å². The molecule has 0 aliphatic rings. The second-order valence-electron chi connectivity index (χ2n) is 17.2. The van der Waals surface area contributed by atoms with Gasteiger partial charge in [0.2, 0.25) is 0 Å². The first-order chi connectivity index (χ1) is 32.6. The van der Waals surface area contributed by atoms with E-state index in [1.807, 2.05) is 23.5 Å². The highest BCUT2D eigenvalue weighted by atomic mass is 32.1. The Kier molecular flexibility index (Phi) is 8.93. The fraction of sp³-hybridized carbons (Fsp3) is 0.0161. The maximum Gasteiger partial charge on any atom is 0.160 e. The highest BCUT2D eigenvalue weighted by Crippen LogP contribution is 2.44. The summed E-state index contributed by atoms with van der Waals surface area (Å²) in [6.45, 7) is 2.12. The number of hydrogen-bond acceptors (Lipinski definition) is 4. The van der Waals surface area contributed by atoms with Crippen molar-refractivity contribution in [3.05, 3.63) is 224 Å². The minimum absolute atomic E-state index is 0.722. The van der Waals surface area contributed by atoms with Crippen molar-refractivity contribution in [2.24, 2.45) is 0 Å². The average molecular weight is 858 g/mol. The molecule has 0 saturated heterocycles. The van der Waals surface area contributed by atoms with Gasteiger partial charge in [0.25, 0.3) is 0 Å². The number of pyridine rings is 1. The Morgan fingerprint density at radius 1 is 0.318 bits per heavy atom. The van der Waals surface area contributed by atoms with Gasteiger partial charge in [0.05, 0.1) is 22.6 Å².